The maximum atomic E-state index is 11.8. The first-order valence-corrected chi connectivity index (χ1v) is 6.98. The highest BCUT2D eigenvalue weighted by Crippen LogP contribution is 2.12. The normalized spacial score (nSPS) is 19.6. The Morgan fingerprint density at radius 1 is 1.12 bits per heavy atom. The van der Waals surface area contributed by atoms with Crippen LogP contribution in [0.4, 0.5) is 0 Å². The number of methoxy groups -OCH3 is 1. The van der Waals surface area contributed by atoms with Crippen LogP contribution in [0.25, 0.3) is 0 Å². The Morgan fingerprint density at radius 2 is 1.75 bits per heavy atom. The number of hydrogen-bond acceptors (Lipinski definition) is 4. The molecule has 7 heteroatoms. The summed E-state index contributed by atoms with van der Waals surface area (Å²) in [6.07, 6.45) is 4.02. The van der Waals surface area contributed by atoms with Gasteiger partial charge in [-0.1, -0.05) is 17.7 Å². The van der Waals surface area contributed by atoms with Gasteiger partial charge < -0.3 is 4.74 Å². The molecule has 1 rings (SSSR count). The summed E-state index contributed by atoms with van der Waals surface area (Å²) in [6, 6.07) is 0. The zero-order chi connectivity index (χ0) is 11.9. The molecule has 1 saturated heterocycles. The highest BCUT2D eigenvalue weighted by Gasteiger charge is 2.22. The monoisotopic (exact) mass is 252 g/mol. The van der Waals surface area contributed by atoms with Crippen molar-refractivity contribution in [1.82, 2.24) is 9.19 Å². The number of rotatable bonds is 6. The molecule has 0 saturated carbocycles. The van der Waals surface area contributed by atoms with Crippen LogP contribution in [0.1, 0.15) is 25.7 Å². The molecule has 1 aliphatic heterocycles. The fourth-order valence-electron chi connectivity index (χ4n) is 1.58. The Hall–Kier alpha value is -0.210. The SMILES string of the molecule is COCCONS(=O)(=O)N1CCCCCC1. The van der Waals surface area contributed by atoms with Crippen LogP contribution in [0.3, 0.4) is 0 Å². The first-order valence-electron chi connectivity index (χ1n) is 5.54. The Bertz CT molecular complexity index is 273. The van der Waals surface area contributed by atoms with Gasteiger partial charge in [-0.25, -0.2) is 0 Å². The average Bonchev–Trinajstić information content (AvgIpc) is 2.53. The van der Waals surface area contributed by atoms with Gasteiger partial charge in [-0.05, 0) is 12.8 Å². The summed E-state index contributed by atoms with van der Waals surface area (Å²) >= 11 is 0. The summed E-state index contributed by atoms with van der Waals surface area (Å²) in [5.74, 6) is 0. The molecule has 0 aromatic carbocycles. The van der Waals surface area contributed by atoms with E-state index in [0.29, 0.717) is 19.7 Å². The van der Waals surface area contributed by atoms with Gasteiger partial charge in [-0.3, -0.25) is 4.84 Å². The third-order valence-corrected chi connectivity index (χ3v) is 3.83. The third-order valence-electron chi connectivity index (χ3n) is 2.46. The molecular formula is C9H20N2O4S. The smallest absolute Gasteiger partial charge is 0.301 e. The molecule has 0 amide bonds. The molecule has 0 aromatic rings. The summed E-state index contributed by atoms with van der Waals surface area (Å²) in [7, 11) is -1.95. The molecule has 0 bridgehead atoms. The molecule has 1 aliphatic rings. The van der Waals surface area contributed by atoms with Crippen molar-refractivity contribution in [1.29, 1.82) is 0 Å². The van der Waals surface area contributed by atoms with Crippen LogP contribution in [0.5, 0.6) is 0 Å². The van der Waals surface area contributed by atoms with Crippen molar-refractivity contribution in [3.63, 3.8) is 0 Å². The summed E-state index contributed by atoms with van der Waals surface area (Å²) in [4.78, 5) is 6.94. The zero-order valence-corrected chi connectivity index (χ0v) is 10.5. The van der Waals surface area contributed by atoms with E-state index < -0.39 is 10.2 Å². The van der Waals surface area contributed by atoms with E-state index in [1.807, 2.05) is 0 Å². The topological polar surface area (TPSA) is 67.9 Å². The molecule has 0 aromatic heterocycles. The zero-order valence-electron chi connectivity index (χ0n) is 9.65. The summed E-state index contributed by atoms with van der Waals surface area (Å²) < 4.78 is 29.7. The van der Waals surface area contributed by atoms with Crippen LogP contribution in [-0.2, 0) is 19.8 Å². The Morgan fingerprint density at radius 3 is 2.31 bits per heavy atom. The Kier molecular flexibility index (Phi) is 6.22. The van der Waals surface area contributed by atoms with Crippen LogP contribution >= 0.6 is 0 Å². The Labute approximate surface area is 97.0 Å². The van der Waals surface area contributed by atoms with E-state index in [1.54, 1.807) is 0 Å². The van der Waals surface area contributed by atoms with Crippen molar-refractivity contribution in [2.75, 3.05) is 33.4 Å². The van der Waals surface area contributed by atoms with E-state index in [2.05, 4.69) is 4.89 Å². The molecule has 0 atom stereocenters. The lowest BCUT2D eigenvalue weighted by atomic mass is 10.2. The average molecular weight is 252 g/mol. The van der Waals surface area contributed by atoms with E-state index in [4.69, 9.17) is 9.57 Å². The molecular weight excluding hydrogens is 232 g/mol. The molecule has 1 heterocycles. The molecule has 0 spiro atoms. The second-order valence-corrected chi connectivity index (χ2v) is 5.38. The Balaban J connectivity index is 2.36. The largest absolute Gasteiger partial charge is 0.382 e. The lowest BCUT2D eigenvalue weighted by Gasteiger charge is -2.19. The van der Waals surface area contributed by atoms with Crippen LogP contribution in [-0.4, -0.2) is 46.1 Å². The fraction of sp³-hybridized carbons (Fsp3) is 1.00. The third kappa shape index (κ3) is 4.75. The minimum atomic E-state index is -3.48. The van der Waals surface area contributed by atoms with Crippen LogP contribution < -0.4 is 4.89 Å². The molecule has 0 aliphatic carbocycles. The highest BCUT2D eigenvalue weighted by atomic mass is 32.2. The molecule has 6 nitrogen and oxygen atoms in total. The van der Waals surface area contributed by atoms with Crippen molar-refractivity contribution in [3.05, 3.63) is 0 Å². The number of ether oxygens (including phenoxy) is 1. The van der Waals surface area contributed by atoms with Crippen LogP contribution in [0.15, 0.2) is 0 Å². The molecule has 0 radical (unpaired) electrons. The second-order valence-electron chi connectivity index (χ2n) is 3.74. The highest BCUT2D eigenvalue weighted by molar-refractivity contribution is 7.87. The van der Waals surface area contributed by atoms with Crippen LogP contribution in [0, 0.1) is 0 Å². The number of nitrogens with zero attached hydrogens (tertiary/aromatic N) is 1. The molecule has 1 N–H and O–H groups in total. The van der Waals surface area contributed by atoms with Crippen molar-refractivity contribution >= 4 is 10.2 Å². The summed E-state index contributed by atoms with van der Waals surface area (Å²) in [6.45, 7) is 1.72. The quantitative estimate of drug-likeness (QED) is 0.544. The van der Waals surface area contributed by atoms with Gasteiger partial charge in [-0.15, -0.1) is 0 Å². The van der Waals surface area contributed by atoms with Gasteiger partial charge in [0.25, 0.3) is 0 Å². The van der Waals surface area contributed by atoms with Gasteiger partial charge in [0.1, 0.15) is 0 Å². The maximum absolute atomic E-state index is 11.8. The predicted octanol–water partition coefficient (Wildman–Crippen LogP) is 0.275. The summed E-state index contributed by atoms with van der Waals surface area (Å²) in [5.41, 5.74) is 0. The van der Waals surface area contributed by atoms with Crippen molar-refractivity contribution < 1.29 is 18.0 Å². The first kappa shape index (κ1) is 13.9. The second kappa shape index (κ2) is 7.18. The van der Waals surface area contributed by atoms with E-state index in [0.717, 1.165) is 25.7 Å². The predicted molar refractivity (Wildman–Crippen MR) is 59.9 cm³/mol. The van der Waals surface area contributed by atoms with E-state index in [1.165, 1.54) is 11.4 Å². The van der Waals surface area contributed by atoms with E-state index >= 15 is 0 Å². The summed E-state index contributed by atoms with van der Waals surface area (Å²) in [5, 5.41) is 0. The van der Waals surface area contributed by atoms with E-state index in [9.17, 15) is 8.42 Å². The van der Waals surface area contributed by atoms with Crippen molar-refractivity contribution in [2.45, 2.75) is 25.7 Å². The van der Waals surface area contributed by atoms with Gasteiger partial charge >= 0.3 is 10.2 Å². The van der Waals surface area contributed by atoms with Gasteiger partial charge in [0.15, 0.2) is 0 Å². The van der Waals surface area contributed by atoms with Crippen molar-refractivity contribution in [3.8, 4) is 0 Å². The molecule has 0 unspecified atom stereocenters. The lowest BCUT2D eigenvalue weighted by Crippen LogP contribution is -2.41. The minimum Gasteiger partial charge on any atom is -0.382 e. The minimum absolute atomic E-state index is 0.212. The van der Waals surface area contributed by atoms with Gasteiger partial charge in [-0.2, -0.15) is 12.7 Å². The van der Waals surface area contributed by atoms with Gasteiger partial charge in [0.2, 0.25) is 0 Å². The van der Waals surface area contributed by atoms with Gasteiger partial charge in [0, 0.05) is 20.2 Å². The first-order chi connectivity index (χ1) is 7.67. The maximum Gasteiger partial charge on any atom is 0.301 e. The molecule has 96 valence electrons. The van der Waals surface area contributed by atoms with Crippen molar-refractivity contribution in [2.24, 2.45) is 0 Å². The lowest BCUT2D eigenvalue weighted by molar-refractivity contribution is 0.0410. The standard InChI is InChI=1S/C9H20N2O4S/c1-14-8-9-15-10-16(12,13)11-6-4-2-3-5-7-11/h10H,2-9H2,1H3. The van der Waals surface area contributed by atoms with Crippen LogP contribution in [0.2, 0.25) is 0 Å². The van der Waals surface area contributed by atoms with Gasteiger partial charge in [0.05, 0.1) is 13.2 Å². The fourth-order valence-corrected chi connectivity index (χ4v) is 2.65. The molecule has 1 fully saturated rings. The number of nitrogens with one attached hydrogen (secondary N) is 1. The van der Waals surface area contributed by atoms with E-state index in [-0.39, 0.29) is 6.61 Å². The number of hydrogen-bond donors (Lipinski definition) is 1. The molecule has 16 heavy (non-hydrogen) atoms.